The molecular weight excluding hydrogens is 378 g/mol. The summed E-state index contributed by atoms with van der Waals surface area (Å²) in [4.78, 5) is 7.78. The maximum absolute atomic E-state index is 9.69. The Bertz CT molecular complexity index is 1240. The SMILES string of the molecule is Cn1cc(-c2cnc3[nH]cc(-c4ccc(OC5CCOCC5)c(C#N)c4)c3c2)cn1. The van der Waals surface area contributed by atoms with Crippen molar-refractivity contribution < 1.29 is 9.47 Å². The summed E-state index contributed by atoms with van der Waals surface area (Å²) in [6, 6.07) is 10.2. The number of rotatable bonds is 4. The van der Waals surface area contributed by atoms with Crippen LogP contribution in [0.25, 0.3) is 33.3 Å². The second-order valence-corrected chi connectivity index (χ2v) is 7.48. The maximum Gasteiger partial charge on any atom is 0.137 e. The second kappa shape index (κ2) is 7.65. The molecule has 1 aliphatic heterocycles. The van der Waals surface area contributed by atoms with Crippen LogP contribution in [-0.2, 0) is 11.8 Å². The summed E-state index contributed by atoms with van der Waals surface area (Å²) in [6.45, 7) is 1.40. The Morgan fingerprint density at radius 1 is 1.17 bits per heavy atom. The van der Waals surface area contributed by atoms with Crippen LogP contribution < -0.4 is 4.74 Å². The van der Waals surface area contributed by atoms with Crippen molar-refractivity contribution >= 4 is 11.0 Å². The molecule has 1 saturated heterocycles. The van der Waals surface area contributed by atoms with Crippen molar-refractivity contribution in [2.45, 2.75) is 18.9 Å². The Morgan fingerprint density at radius 2 is 2.03 bits per heavy atom. The number of H-pyrrole nitrogens is 1. The van der Waals surface area contributed by atoms with Gasteiger partial charge in [-0.1, -0.05) is 6.07 Å². The summed E-state index contributed by atoms with van der Waals surface area (Å²) in [5.74, 6) is 0.627. The molecule has 4 heterocycles. The fraction of sp³-hybridized carbons (Fsp3) is 0.261. The molecule has 7 nitrogen and oxygen atoms in total. The third-order valence-electron chi connectivity index (χ3n) is 5.44. The van der Waals surface area contributed by atoms with E-state index in [1.165, 1.54) is 0 Å². The van der Waals surface area contributed by atoms with Crippen LogP contribution in [0.2, 0.25) is 0 Å². The van der Waals surface area contributed by atoms with Crippen LogP contribution in [0.3, 0.4) is 0 Å². The Morgan fingerprint density at radius 3 is 2.80 bits per heavy atom. The van der Waals surface area contributed by atoms with Gasteiger partial charge in [0.1, 0.15) is 23.6 Å². The van der Waals surface area contributed by atoms with Crippen molar-refractivity contribution in [3.05, 3.63) is 54.6 Å². The third-order valence-corrected chi connectivity index (χ3v) is 5.44. The molecule has 0 aliphatic carbocycles. The quantitative estimate of drug-likeness (QED) is 0.559. The van der Waals surface area contributed by atoms with Gasteiger partial charge in [-0.05, 0) is 23.8 Å². The Kier molecular flexibility index (Phi) is 4.69. The number of nitriles is 1. The molecule has 0 bridgehead atoms. The maximum atomic E-state index is 9.69. The van der Waals surface area contributed by atoms with E-state index in [9.17, 15) is 5.26 Å². The highest BCUT2D eigenvalue weighted by atomic mass is 16.5. The first-order chi connectivity index (χ1) is 14.7. The van der Waals surface area contributed by atoms with Gasteiger partial charge in [0.05, 0.1) is 25.0 Å². The van der Waals surface area contributed by atoms with E-state index >= 15 is 0 Å². The van der Waals surface area contributed by atoms with Gasteiger partial charge >= 0.3 is 0 Å². The number of pyridine rings is 1. The number of hydrogen-bond donors (Lipinski definition) is 1. The first kappa shape index (κ1) is 18.4. The minimum absolute atomic E-state index is 0.0935. The molecule has 30 heavy (non-hydrogen) atoms. The molecule has 0 unspecified atom stereocenters. The molecular formula is C23H21N5O2. The third kappa shape index (κ3) is 3.42. The van der Waals surface area contributed by atoms with Crippen LogP contribution >= 0.6 is 0 Å². The van der Waals surface area contributed by atoms with Crippen LogP contribution in [0.1, 0.15) is 18.4 Å². The monoisotopic (exact) mass is 399 g/mol. The van der Waals surface area contributed by atoms with Crippen LogP contribution in [0.4, 0.5) is 0 Å². The van der Waals surface area contributed by atoms with Crippen molar-refractivity contribution in [3.8, 4) is 34.1 Å². The summed E-state index contributed by atoms with van der Waals surface area (Å²) >= 11 is 0. The highest BCUT2D eigenvalue weighted by Gasteiger charge is 2.18. The number of nitrogens with one attached hydrogen (secondary N) is 1. The van der Waals surface area contributed by atoms with E-state index in [0.717, 1.165) is 46.1 Å². The Labute approximate surface area is 173 Å². The van der Waals surface area contributed by atoms with Gasteiger partial charge in [-0.2, -0.15) is 10.4 Å². The predicted octanol–water partition coefficient (Wildman–Crippen LogP) is 4.06. The number of aromatic nitrogens is 4. The van der Waals surface area contributed by atoms with E-state index < -0.39 is 0 Å². The van der Waals surface area contributed by atoms with Crippen molar-refractivity contribution in [2.75, 3.05) is 13.2 Å². The fourth-order valence-electron chi connectivity index (χ4n) is 3.83. The summed E-state index contributed by atoms with van der Waals surface area (Å²) in [5.41, 5.74) is 5.29. The number of hydrogen-bond acceptors (Lipinski definition) is 5. The predicted molar refractivity (Wildman–Crippen MR) is 113 cm³/mol. The molecule has 1 aromatic carbocycles. The minimum atomic E-state index is 0.0935. The van der Waals surface area contributed by atoms with E-state index in [-0.39, 0.29) is 6.10 Å². The average Bonchev–Trinajstić information content (AvgIpc) is 3.40. The van der Waals surface area contributed by atoms with Gasteiger partial charge in [0.2, 0.25) is 0 Å². The van der Waals surface area contributed by atoms with E-state index in [1.807, 2.05) is 50.0 Å². The molecule has 150 valence electrons. The number of aromatic amines is 1. The summed E-state index contributed by atoms with van der Waals surface area (Å²) < 4.78 is 13.2. The van der Waals surface area contributed by atoms with E-state index in [1.54, 1.807) is 4.68 Å². The topological polar surface area (TPSA) is 88.8 Å². The fourth-order valence-corrected chi connectivity index (χ4v) is 3.83. The molecule has 3 aromatic heterocycles. The molecule has 1 aliphatic rings. The first-order valence-corrected chi connectivity index (χ1v) is 9.96. The molecule has 4 aromatic rings. The lowest BCUT2D eigenvalue weighted by Crippen LogP contribution is -2.26. The normalized spacial score (nSPS) is 14.7. The zero-order chi connectivity index (χ0) is 20.5. The number of ether oxygens (including phenoxy) is 2. The van der Waals surface area contributed by atoms with Crippen LogP contribution in [0, 0.1) is 11.3 Å². The van der Waals surface area contributed by atoms with Gasteiger partial charge in [0.15, 0.2) is 0 Å². The number of fused-ring (bicyclic) bond motifs is 1. The first-order valence-electron chi connectivity index (χ1n) is 9.96. The summed E-state index contributed by atoms with van der Waals surface area (Å²) in [7, 11) is 1.89. The Balaban J connectivity index is 1.51. The largest absolute Gasteiger partial charge is 0.489 e. The second-order valence-electron chi connectivity index (χ2n) is 7.48. The van der Waals surface area contributed by atoms with Crippen LogP contribution in [-0.4, -0.2) is 39.1 Å². The van der Waals surface area contributed by atoms with Crippen molar-refractivity contribution in [3.63, 3.8) is 0 Å². The smallest absolute Gasteiger partial charge is 0.137 e. The molecule has 1 fully saturated rings. The molecule has 0 atom stereocenters. The average molecular weight is 399 g/mol. The molecule has 0 radical (unpaired) electrons. The van der Waals surface area contributed by atoms with E-state index in [4.69, 9.17) is 9.47 Å². The van der Waals surface area contributed by atoms with Crippen LogP contribution in [0.15, 0.2) is 49.1 Å². The van der Waals surface area contributed by atoms with Gasteiger partial charge in [-0.25, -0.2) is 4.98 Å². The van der Waals surface area contributed by atoms with Crippen LogP contribution in [0.5, 0.6) is 5.75 Å². The molecule has 7 heteroatoms. The number of aryl methyl sites for hydroxylation is 1. The van der Waals surface area contributed by atoms with Crippen molar-refractivity contribution in [2.24, 2.45) is 7.05 Å². The highest BCUT2D eigenvalue weighted by Crippen LogP contribution is 2.33. The van der Waals surface area contributed by atoms with Gasteiger partial charge in [0, 0.05) is 60.6 Å². The van der Waals surface area contributed by atoms with Gasteiger partial charge < -0.3 is 14.5 Å². The molecule has 5 rings (SSSR count). The zero-order valence-corrected chi connectivity index (χ0v) is 16.6. The minimum Gasteiger partial charge on any atom is -0.489 e. The standard InChI is InChI=1S/C23H21N5O2/c1-28-14-18(12-27-28)17-9-20-21(13-26-23(20)25-11-17)15-2-3-22(16(8-15)10-24)30-19-4-6-29-7-5-19/h2-3,8-9,11-14,19H,4-7H2,1H3,(H,25,26). The summed E-state index contributed by atoms with van der Waals surface area (Å²) in [6.07, 6.45) is 9.34. The lowest BCUT2D eigenvalue weighted by molar-refractivity contribution is 0.0254. The molecule has 0 amide bonds. The number of nitrogens with zero attached hydrogens (tertiary/aromatic N) is 4. The Hall–Kier alpha value is -3.63. The summed E-state index contributed by atoms with van der Waals surface area (Å²) in [5, 5.41) is 14.9. The van der Waals surface area contributed by atoms with Gasteiger partial charge in [-0.3, -0.25) is 4.68 Å². The molecule has 0 saturated carbocycles. The lowest BCUT2D eigenvalue weighted by atomic mass is 10.0. The van der Waals surface area contributed by atoms with E-state index in [0.29, 0.717) is 24.5 Å². The molecule has 1 N–H and O–H groups in total. The van der Waals surface area contributed by atoms with E-state index in [2.05, 4.69) is 27.2 Å². The lowest BCUT2D eigenvalue weighted by Gasteiger charge is -2.23. The van der Waals surface area contributed by atoms with Gasteiger partial charge in [0.25, 0.3) is 0 Å². The van der Waals surface area contributed by atoms with Crippen molar-refractivity contribution in [1.29, 1.82) is 5.26 Å². The molecule has 0 spiro atoms. The van der Waals surface area contributed by atoms with Gasteiger partial charge in [-0.15, -0.1) is 0 Å². The highest BCUT2D eigenvalue weighted by molar-refractivity contribution is 5.96. The zero-order valence-electron chi connectivity index (χ0n) is 16.6. The number of benzene rings is 1. The van der Waals surface area contributed by atoms with Crippen molar-refractivity contribution in [1.82, 2.24) is 19.7 Å².